The molecule has 2 heterocycles. The molecule has 0 aromatic heterocycles. The second kappa shape index (κ2) is 13.0. The van der Waals surface area contributed by atoms with Gasteiger partial charge in [-0.2, -0.15) is 11.8 Å². The number of ether oxygens (including phenoxy) is 1. The first-order chi connectivity index (χ1) is 12.9. The summed E-state index contributed by atoms with van der Waals surface area (Å²) in [5, 5.41) is 7.49. The van der Waals surface area contributed by atoms with Crippen LogP contribution >= 0.6 is 35.7 Å². The smallest absolute Gasteiger partial charge is 0.410 e. The number of piperidine rings is 1. The van der Waals surface area contributed by atoms with Crippen molar-refractivity contribution in [2.45, 2.75) is 70.7 Å². The Labute approximate surface area is 192 Å². The van der Waals surface area contributed by atoms with Crippen LogP contribution in [-0.4, -0.2) is 66.3 Å². The Bertz CT molecular complexity index is 493. The van der Waals surface area contributed by atoms with Gasteiger partial charge in [0.2, 0.25) is 0 Å². The first-order valence-electron chi connectivity index (χ1n) is 10.5. The largest absolute Gasteiger partial charge is 0.444 e. The van der Waals surface area contributed by atoms with Crippen molar-refractivity contribution in [3.05, 3.63) is 0 Å². The minimum atomic E-state index is -0.430. The minimum absolute atomic E-state index is 0. The molecule has 2 unspecified atom stereocenters. The molecule has 1 amide bonds. The van der Waals surface area contributed by atoms with Crippen LogP contribution in [0.4, 0.5) is 4.79 Å². The number of aliphatic imine (C=N–C) groups is 1. The van der Waals surface area contributed by atoms with Crippen molar-refractivity contribution in [1.82, 2.24) is 15.5 Å². The van der Waals surface area contributed by atoms with Gasteiger partial charge in [0.25, 0.3) is 0 Å². The Morgan fingerprint density at radius 3 is 2.68 bits per heavy atom. The number of guanidine groups is 1. The third-order valence-corrected chi connectivity index (χ3v) is 6.22. The molecule has 28 heavy (non-hydrogen) atoms. The van der Waals surface area contributed by atoms with Crippen molar-refractivity contribution in [1.29, 1.82) is 0 Å². The highest BCUT2D eigenvalue weighted by atomic mass is 127. The predicted molar refractivity (Wildman–Crippen MR) is 130 cm³/mol. The summed E-state index contributed by atoms with van der Waals surface area (Å²) in [4.78, 5) is 18.9. The molecule has 0 saturated carbocycles. The zero-order valence-corrected chi connectivity index (χ0v) is 21.1. The molecule has 2 rings (SSSR count). The summed E-state index contributed by atoms with van der Waals surface area (Å²) in [7, 11) is 0. The third-order valence-electron chi connectivity index (χ3n) is 4.84. The number of amides is 1. The van der Waals surface area contributed by atoms with Crippen LogP contribution in [0.3, 0.4) is 0 Å². The van der Waals surface area contributed by atoms with Crippen LogP contribution in [0.25, 0.3) is 0 Å². The normalized spacial score (nSPS) is 23.1. The van der Waals surface area contributed by atoms with Gasteiger partial charge in [-0.25, -0.2) is 4.79 Å². The summed E-state index contributed by atoms with van der Waals surface area (Å²) < 4.78 is 5.52. The standard InChI is InChI=1S/C20H38N4O2S.HI/c1-5-21-18(23-14-17-9-7-13-27-17)22-11-10-16-8-6-12-24(15-16)19(25)26-20(2,3)4;/h16-17H,5-15H2,1-4H3,(H2,21,22,23);1H. The van der Waals surface area contributed by atoms with Gasteiger partial charge in [-0.05, 0) is 71.5 Å². The van der Waals surface area contributed by atoms with Gasteiger partial charge < -0.3 is 20.3 Å². The van der Waals surface area contributed by atoms with Crippen LogP contribution in [-0.2, 0) is 4.74 Å². The fourth-order valence-corrected chi connectivity index (χ4v) is 4.69. The number of rotatable bonds is 6. The first kappa shape index (κ1) is 25.7. The van der Waals surface area contributed by atoms with Crippen LogP contribution in [0.15, 0.2) is 4.99 Å². The van der Waals surface area contributed by atoms with Crippen molar-refractivity contribution < 1.29 is 9.53 Å². The molecular formula is C20H39IN4O2S. The van der Waals surface area contributed by atoms with E-state index in [1.165, 1.54) is 25.0 Å². The molecule has 2 N–H and O–H groups in total. The van der Waals surface area contributed by atoms with Crippen molar-refractivity contribution in [3.8, 4) is 0 Å². The Hall–Kier alpha value is -0.380. The molecule has 0 spiro atoms. The molecule has 2 saturated heterocycles. The van der Waals surface area contributed by atoms with Crippen molar-refractivity contribution in [2.24, 2.45) is 10.9 Å². The number of nitrogens with zero attached hydrogens (tertiary/aromatic N) is 2. The van der Waals surface area contributed by atoms with E-state index in [1.54, 1.807) is 0 Å². The van der Waals surface area contributed by atoms with E-state index in [0.717, 1.165) is 51.5 Å². The fraction of sp³-hybridized carbons (Fsp3) is 0.900. The van der Waals surface area contributed by atoms with Gasteiger partial charge in [-0.1, -0.05) is 0 Å². The Balaban J connectivity index is 0.00000392. The highest BCUT2D eigenvalue weighted by Crippen LogP contribution is 2.26. The Kier molecular flexibility index (Phi) is 11.9. The van der Waals surface area contributed by atoms with Gasteiger partial charge in [0.15, 0.2) is 5.96 Å². The van der Waals surface area contributed by atoms with Crippen LogP contribution < -0.4 is 10.6 Å². The predicted octanol–water partition coefficient (Wildman–Crippen LogP) is 4.09. The Morgan fingerprint density at radius 1 is 1.25 bits per heavy atom. The lowest BCUT2D eigenvalue weighted by molar-refractivity contribution is 0.0162. The number of hydrogen-bond donors (Lipinski definition) is 2. The summed E-state index contributed by atoms with van der Waals surface area (Å²) in [5.41, 5.74) is -0.430. The van der Waals surface area contributed by atoms with Crippen molar-refractivity contribution >= 4 is 47.8 Å². The van der Waals surface area contributed by atoms with Gasteiger partial charge in [-0.15, -0.1) is 24.0 Å². The highest BCUT2D eigenvalue weighted by Gasteiger charge is 2.27. The van der Waals surface area contributed by atoms with E-state index in [4.69, 9.17) is 9.73 Å². The molecule has 0 aromatic carbocycles. The average molecular weight is 527 g/mol. The van der Waals surface area contributed by atoms with Gasteiger partial charge in [0.05, 0.1) is 6.54 Å². The Morgan fingerprint density at radius 2 is 2.04 bits per heavy atom. The van der Waals surface area contributed by atoms with Gasteiger partial charge in [0.1, 0.15) is 5.60 Å². The second-order valence-corrected chi connectivity index (χ2v) is 9.91. The summed E-state index contributed by atoms with van der Waals surface area (Å²) in [6, 6.07) is 0. The van der Waals surface area contributed by atoms with Crippen LogP contribution in [0.5, 0.6) is 0 Å². The first-order valence-corrected chi connectivity index (χ1v) is 11.5. The van der Waals surface area contributed by atoms with Gasteiger partial charge >= 0.3 is 6.09 Å². The van der Waals surface area contributed by atoms with E-state index in [0.29, 0.717) is 11.2 Å². The number of nitrogens with one attached hydrogen (secondary N) is 2. The molecule has 8 heteroatoms. The molecular weight excluding hydrogens is 487 g/mol. The average Bonchev–Trinajstić information content (AvgIpc) is 3.12. The molecule has 0 aromatic rings. The SMILES string of the molecule is CCNC(=NCC1CCCS1)NCCC1CCCN(C(=O)OC(C)(C)C)C1.I. The minimum Gasteiger partial charge on any atom is -0.444 e. The molecule has 2 aliphatic rings. The number of halogens is 1. The molecule has 2 fully saturated rings. The van der Waals surface area contributed by atoms with E-state index < -0.39 is 5.60 Å². The lowest BCUT2D eigenvalue weighted by Gasteiger charge is -2.34. The fourth-order valence-electron chi connectivity index (χ4n) is 3.51. The number of thioether (sulfide) groups is 1. The maximum atomic E-state index is 12.3. The molecule has 2 aliphatic heterocycles. The van der Waals surface area contributed by atoms with Crippen LogP contribution in [0.2, 0.25) is 0 Å². The molecule has 6 nitrogen and oxygen atoms in total. The van der Waals surface area contributed by atoms with E-state index in [-0.39, 0.29) is 30.1 Å². The molecule has 0 radical (unpaired) electrons. The molecule has 0 aliphatic carbocycles. The molecule has 0 bridgehead atoms. The second-order valence-electron chi connectivity index (χ2n) is 8.50. The monoisotopic (exact) mass is 526 g/mol. The summed E-state index contributed by atoms with van der Waals surface area (Å²) in [5.74, 6) is 2.72. The number of carbonyl (C=O) groups excluding carboxylic acids is 1. The number of hydrogen-bond acceptors (Lipinski definition) is 4. The molecule has 2 atom stereocenters. The number of carbonyl (C=O) groups is 1. The van der Waals surface area contributed by atoms with E-state index in [2.05, 4.69) is 17.6 Å². The summed E-state index contributed by atoms with van der Waals surface area (Å²) in [6.45, 7) is 12.1. The summed E-state index contributed by atoms with van der Waals surface area (Å²) in [6.07, 6.45) is 5.71. The summed E-state index contributed by atoms with van der Waals surface area (Å²) >= 11 is 2.04. The van der Waals surface area contributed by atoms with E-state index in [1.807, 2.05) is 37.4 Å². The third kappa shape index (κ3) is 9.89. The molecule has 164 valence electrons. The highest BCUT2D eigenvalue weighted by molar-refractivity contribution is 14.0. The van der Waals surface area contributed by atoms with Crippen LogP contribution in [0, 0.1) is 5.92 Å². The zero-order valence-electron chi connectivity index (χ0n) is 18.0. The van der Waals surface area contributed by atoms with E-state index in [9.17, 15) is 4.79 Å². The maximum Gasteiger partial charge on any atom is 0.410 e. The van der Waals surface area contributed by atoms with Crippen molar-refractivity contribution in [3.63, 3.8) is 0 Å². The van der Waals surface area contributed by atoms with Gasteiger partial charge in [-0.3, -0.25) is 4.99 Å². The number of likely N-dealkylation sites (tertiary alicyclic amines) is 1. The van der Waals surface area contributed by atoms with E-state index >= 15 is 0 Å². The van der Waals surface area contributed by atoms with Crippen molar-refractivity contribution in [2.75, 3.05) is 38.5 Å². The maximum absolute atomic E-state index is 12.3. The lowest BCUT2D eigenvalue weighted by atomic mass is 9.95. The lowest BCUT2D eigenvalue weighted by Crippen LogP contribution is -2.44. The van der Waals surface area contributed by atoms with Crippen LogP contribution in [0.1, 0.15) is 59.8 Å². The quantitative estimate of drug-likeness (QED) is 0.310. The zero-order chi connectivity index (χ0) is 19.7. The van der Waals surface area contributed by atoms with Gasteiger partial charge in [0, 0.05) is 31.4 Å². The topological polar surface area (TPSA) is 66.0 Å².